The molecule has 4 rings (SSSR count). The molecule has 190 valence electrons. The summed E-state index contributed by atoms with van der Waals surface area (Å²) in [5.41, 5.74) is 1.59. The third-order valence-corrected chi connectivity index (χ3v) is 12.3. The van der Waals surface area contributed by atoms with Gasteiger partial charge in [0.2, 0.25) is 0 Å². The first-order valence-corrected chi connectivity index (χ1v) is 13.9. The highest BCUT2D eigenvalue weighted by atomic mass is 16.3. The summed E-state index contributed by atoms with van der Waals surface area (Å²) < 4.78 is 0. The number of aliphatic hydroxyl groups excluding tert-OH is 2. The molecule has 0 aromatic heterocycles. The molecule has 0 aromatic carbocycles. The van der Waals surface area contributed by atoms with Crippen LogP contribution in [0.15, 0.2) is 11.6 Å². The summed E-state index contributed by atoms with van der Waals surface area (Å²) in [6.07, 6.45) is 11.8. The molecule has 3 heteroatoms. The van der Waals surface area contributed by atoms with Crippen molar-refractivity contribution >= 4 is 0 Å². The summed E-state index contributed by atoms with van der Waals surface area (Å²) in [5, 5.41) is 31.4. The minimum absolute atomic E-state index is 0.00721. The van der Waals surface area contributed by atoms with Crippen molar-refractivity contribution in [2.24, 2.45) is 45.3 Å². The molecule has 0 spiro atoms. The monoisotopic (exact) mass is 460 g/mol. The van der Waals surface area contributed by atoms with Gasteiger partial charge in [-0.1, -0.05) is 53.2 Å². The van der Waals surface area contributed by atoms with Gasteiger partial charge in [0.25, 0.3) is 0 Å². The zero-order chi connectivity index (χ0) is 24.6. The third-order valence-electron chi connectivity index (χ3n) is 12.3. The average molecular weight is 461 g/mol. The van der Waals surface area contributed by atoms with Crippen LogP contribution < -0.4 is 0 Å². The fraction of sp³-hybridized carbons (Fsp3) is 0.933. The van der Waals surface area contributed by atoms with Crippen LogP contribution in [0.4, 0.5) is 0 Å². The summed E-state index contributed by atoms with van der Waals surface area (Å²) in [6.45, 7) is 18.2. The van der Waals surface area contributed by atoms with Crippen LogP contribution in [0.1, 0.15) is 113 Å². The molecule has 3 saturated carbocycles. The summed E-state index contributed by atoms with van der Waals surface area (Å²) in [6, 6.07) is 0. The third kappa shape index (κ3) is 3.70. The number of allylic oxidation sites excluding steroid dienone is 2. The Morgan fingerprint density at radius 2 is 1.64 bits per heavy atom. The van der Waals surface area contributed by atoms with Crippen LogP contribution in [0, 0.1) is 45.3 Å². The van der Waals surface area contributed by atoms with Gasteiger partial charge in [0.1, 0.15) is 0 Å². The minimum atomic E-state index is -1.02. The first-order valence-electron chi connectivity index (χ1n) is 13.9. The van der Waals surface area contributed by atoms with Crippen LogP contribution in [-0.4, -0.2) is 33.1 Å². The second-order valence-corrected chi connectivity index (χ2v) is 14.5. The van der Waals surface area contributed by atoms with E-state index in [-0.39, 0.29) is 16.9 Å². The number of hydrogen-bond acceptors (Lipinski definition) is 3. The lowest BCUT2D eigenvalue weighted by atomic mass is 9.37. The molecule has 33 heavy (non-hydrogen) atoms. The molecular formula is C30H52O3. The number of hydrogen-bond donors (Lipinski definition) is 3. The molecule has 9 atom stereocenters. The Morgan fingerprint density at radius 1 is 0.970 bits per heavy atom. The maximum atomic E-state index is 10.8. The highest BCUT2D eigenvalue weighted by Gasteiger charge is 2.66. The van der Waals surface area contributed by atoms with E-state index >= 15 is 0 Å². The maximum absolute atomic E-state index is 10.8. The van der Waals surface area contributed by atoms with Crippen LogP contribution in [0.5, 0.6) is 0 Å². The number of rotatable bonds is 5. The normalized spacial score (nSPS) is 46.6. The van der Waals surface area contributed by atoms with Gasteiger partial charge in [-0.2, -0.15) is 0 Å². The molecule has 0 unspecified atom stereocenters. The lowest BCUT2D eigenvalue weighted by molar-refractivity contribution is -0.193. The molecular weight excluding hydrogens is 408 g/mol. The average Bonchev–Trinajstić information content (AvgIpc) is 3.07. The molecule has 0 heterocycles. The van der Waals surface area contributed by atoms with Crippen LogP contribution >= 0.6 is 0 Å². The van der Waals surface area contributed by atoms with Gasteiger partial charge in [0.15, 0.2) is 0 Å². The van der Waals surface area contributed by atoms with E-state index in [0.717, 1.165) is 19.3 Å². The quantitative estimate of drug-likeness (QED) is 0.410. The largest absolute Gasteiger partial charge is 0.393 e. The standard InChI is InChI=1S/C30H52O3/c1-19(9-12-25(32)27(4,5)33)20-13-17-29(7)21(20)10-11-23-28(6)16-15-24(31)26(2,3)22(28)14-18-30(23,29)8/h10,19-20,22-25,31-33H,9,11-18H2,1-8H3/t19-,20-,22+,23-,24+,25+,28+,29-,30-/m1/s1. The summed E-state index contributed by atoms with van der Waals surface area (Å²) in [7, 11) is 0. The van der Waals surface area contributed by atoms with Gasteiger partial charge < -0.3 is 15.3 Å². The highest BCUT2D eigenvalue weighted by molar-refractivity contribution is 5.32. The molecule has 0 aliphatic heterocycles. The molecule has 0 amide bonds. The first-order chi connectivity index (χ1) is 15.1. The summed E-state index contributed by atoms with van der Waals surface area (Å²) in [4.78, 5) is 0. The van der Waals surface area contributed by atoms with Gasteiger partial charge in [-0.3, -0.25) is 0 Å². The molecule has 3 fully saturated rings. The fourth-order valence-corrected chi connectivity index (χ4v) is 9.69. The van der Waals surface area contributed by atoms with E-state index in [9.17, 15) is 15.3 Å². The summed E-state index contributed by atoms with van der Waals surface area (Å²) >= 11 is 0. The van der Waals surface area contributed by atoms with Crippen LogP contribution in [0.3, 0.4) is 0 Å². The second-order valence-electron chi connectivity index (χ2n) is 14.5. The Labute approximate surface area is 203 Å². The minimum Gasteiger partial charge on any atom is -0.393 e. The Hall–Kier alpha value is -0.380. The lowest BCUT2D eigenvalue weighted by Crippen LogP contribution is -2.62. The van der Waals surface area contributed by atoms with Crippen molar-refractivity contribution in [3.8, 4) is 0 Å². The first kappa shape index (κ1) is 25.7. The van der Waals surface area contributed by atoms with Crippen molar-refractivity contribution in [3.05, 3.63) is 11.6 Å². The van der Waals surface area contributed by atoms with E-state index in [1.807, 2.05) is 0 Å². The fourth-order valence-electron chi connectivity index (χ4n) is 9.69. The highest BCUT2D eigenvalue weighted by Crippen LogP contribution is 2.74. The Balaban J connectivity index is 1.59. The van der Waals surface area contributed by atoms with E-state index in [0.29, 0.717) is 40.9 Å². The van der Waals surface area contributed by atoms with Gasteiger partial charge in [-0.25, -0.2) is 0 Å². The van der Waals surface area contributed by atoms with Gasteiger partial charge in [0.05, 0.1) is 17.8 Å². The predicted octanol–water partition coefficient (Wildman–Crippen LogP) is 6.50. The molecule has 3 N–H and O–H groups in total. The van der Waals surface area contributed by atoms with Crippen molar-refractivity contribution in [1.29, 1.82) is 0 Å². The van der Waals surface area contributed by atoms with E-state index in [2.05, 4.69) is 47.6 Å². The van der Waals surface area contributed by atoms with Gasteiger partial charge >= 0.3 is 0 Å². The zero-order valence-electron chi connectivity index (χ0n) is 22.7. The molecule has 4 aliphatic rings. The topological polar surface area (TPSA) is 60.7 Å². The van der Waals surface area contributed by atoms with Crippen molar-refractivity contribution in [3.63, 3.8) is 0 Å². The lowest BCUT2D eigenvalue weighted by Gasteiger charge is -2.68. The Bertz CT molecular complexity index is 778. The molecule has 0 saturated heterocycles. The van der Waals surface area contributed by atoms with Gasteiger partial charge in [-0.15, -0.1) is 0 Å². The van der Waals surface area contributed by atoms with Gasteiger partial charge in [0, 0.05) is 0 Å². The van der Waals surface area contributed by atoms with E-state index in [1.165, 1.54) is 32.1 Å². The second kappa shape index (κ2) is 8.07. The van der Waals surface area contributed by atoms with E-state index in [1.54, 1.807) is 19.4 Å². The van der Waals surface area contributed by atoms with E-state index in [4.69, 9.17) is 0 Å². The van der Waals surface area contributed by atoms with Crippen molar-refractivity contribution < 1.29 is 15.3 Å². The predicted molar refractivity (Wildman–Crippen MR) is 136 cm³/mol. The Morgan fingerprint density at radius 3 is 2.27 bits per heavy atom. The summed E-state index contributed by atoms with van der Waals surface area (Å²) in [5.74, 6) is 2.43. The molecule has 0 bridgehead atoms. The Kier molecular flexibility index (Phi) is 6.28. The number of fused-ring (bicyclic) bond motifs is 5. The SMILES string of the molecule is C[C@H](CC[C@H](O)C(C)(C)O)[C@H]1CC[C@]2(C)C1=CC[C@@H]1[C@@]3(C)CC[C@H](O)C(C)(C)[C@@H]3CC[C@]12C. The van der Waals surface area contributed by atoms with Crippen molar-refractivity contribution in [1.82, 2.24) is 0 Å². The zero-order valence-corrected chi connectivity index (χ0v) is 22.7. The molecule has 4 aliphatic carbocycles. The van der Waals surface area contributed by atoms with Crippen LogP contribution in [0.25, 0.3) is 0 Å². The number of aliphatic hydroxyl groups is 3. The smallest absolute Gasteiger partial charge is 0.0849 e. The van der Waals surface area contributed by atoms with E-state index < -0.39 is 11.7 Å². The maximum Gasteiger partial charge on any atom is 0.0849 e. The molecule has 0 radical (unpaired) electrons. The van der Waals surface area contributed by atoms with Crippen molar-refractivity contribution in [2.75, 3.05) is 0 Å². The molecule has 3 nitrogen and oxygen atoms in total. The van der Waals surface area contributed by atoms with Gasteiger partial charge in [-0.05, 0) is 117 Å². The van der Waals surface area contributed by atoms with Crippen LogP contribution in [-0.2, 0) is 0 Å². The van der Waals surface area contributed by atoms with Crippen molar-refractivity contribution in [2.45, 2.75) is 131 Å². The van der Waals surface area contributed by atoms with Crippen LogP contribution in [0.2, 0.25) is 0 Å². The molecule has 0 aromatic rings.